The fourth-order valence-corrected chi connectivity index (χ4v) is 3.66. The standard InChI is InChI=1S/C14H14INOS2/c15-13-3-1-2-12(8-13)14(17)16-5-7-19-10-11-4-6-18-9-11/h1-4,6,8-9H,5,7,10H2,(H,16,17). The highest BCUT2D eigenvalue weighted by Gasteiger charge is 2.04. The molecule has 1 aromatic carbocycles. The van der Waals surface area contributed by atoms with E-state index in [1.165, 1.54) is 5.56 Å². The maximum Gasteiger partial charge on any atom is 0.251 e. The predicted molar refractivity (Wildman–Crippen MR) is 92.0 cm³/mol. The SMILES string of the molecule is O=C(NCCSCc1ccsc1)c1cccc(I)c1. The number of carbonyl (C=O) groups excluding carboxylic acids is 1. The van der Waals surface area contributed by atoms with Crippen molar-refractivity contribution in [3.63, 3.8) is 0 Å². The van der Waals surface area contributed by atoms with Crippen LogP contribution in [0.1, 0.15) is 15.9 Å². The van der Waals surface area contributed by atoms with Gasteiger partial charge in [-0.15, -0.1) is 0 Å². The lowest BCUT2D eigenvalue weighted by Crippen LogP contribution is -2.25. The Hall–Kier alpha value is -0.530. The number of rotatable bonds is 6. The fraction of sp³-hybridized carbons (Fsp3) is 0.214. The highest BCUT2D eigenvalue weighted by atomic mass is 127. The van der Waals surface area contributed by atoms with Crippen molar-refractivity contribution in [2.75, 3.05) is 12.3 Å². The molecule has 0 bridgehead atoms. The molecule has 0 unspecified atom stereocenters. The van der Waals surface area contributed by atoms with Crippen LogP contribution in [-0.4, -0.2) is 18.2 Å². The molecule has 2 rings (SSSR count). The zero-order chi connectivity index (χ0) is 13.5. The van der Waals surface area contributed by atoms with E-state index in [9.17, 15) is 4.79 Å². The third kappa shape index (κ3) is 5.16. The summed E-state index contributed by atoms with van der Waals surface area (Å²) in [6.07, 6.45) is 0. The van der Waals surface area contributed by atoms with E-state index >= 15 is 0 Å². The van der Waals surface area contributed by atoms with Crippen LogP contribution in [0, 0.1) is 3.57 Å². The molecule has 0 aliphatic carbocycles. The maximum atomic E-state index is 11.9. The minimum Gasteiger partial charge on any atom is -0.351 e. The summed E-state index contributed by atoms with van der Waals surface area (Å²) in [5.74, 6) is 1.96. The molecule has 0 saturated heterocycles. The van der Waals surface area contributed by atoms with Crippen molar-refractivity contribution >= 4 is 51.6 Å². The number of carbonyl (C=O) groups is 1. The Bertz CT molecular complexity index is 528. The molecule has 0 aliphatic heterocycles. The molecule has 0 radical (unpaired) electrons. The van der Waals surface area contributed by atoms with Gasteiger partial charge in [-0.3, -0.25) is 4.79 Å². The quantitative estimate of drug-likeness (QED) is 0.583. The number of halogens is 1. The van der Waals surface area contributed by atoms with Crippen LogP contribution in [-0.2, 0) is 5.75 Å². The summed E-state index contributed by atoms with van der Waals surface area (Å²) in [6.45, 7) is 0.707. The van der Waals surface area contributed by atoms with Crippen LogP contribution >= 0.6 is 45.7 Å². The normalized spacial score (nSPS) is 10.4. The van der Waals surface area contributed by atoms with Crippen LogP contribution in [0.25, 0.3) is 0 Å². The minimum absolute atomic E-state index is 0.00893. The van der Waals surface area contributed by atoms with Gasteiger partial charge in [-0.05, 0) is 63.2 Å². The van der Waals surface area contributed by atoms with Crippen LogP contribution < -0.4 is 5.32 Å². The topological polar surface area (TPSA) is 29.1 Å². The summed E-state index contributed by atoms with van der Waals surface area (Å²) in [4.78, 5) is 11.9. The number of benzene rings is 1. The van der Waals surface area contributed by atoms with Gasteiger partial charge in [0.25, 0.3) is 5.91 Å². The summed E-state index contributed by atoms with van der Waals surface area (Å²) < 4.78 is 1.08. The molecule has 1 aromatic heterocycles. The average molecular weight is 403 g/mol. The van der Waals surface area contributed by atoms with Gasteiger partial charge < -0.3 is 5.32 Å². The Balaban J connectivity index is 1.67. The third-order valence-electron chi connectivity index (χ3n) is 2.47. The smallest absolute Gasteiger partial charge is 0.251 e. The number of hydrogen-bond donors (Lipinski definition) is 1. The second kappa shape index (κ2) is 7.91. The average Bonchev–Trinajstić information content (AvgIpc) is 2.91. The molecule has 1 N–H and O–H groups in total. The Morgan fingerprint density at radius 3 is 3.00 bits per heavy atom. The number of nitrogens with one attached hydrogen (secondary N) is 1. The zero-order valence-electron chi connectivity index (χ0n) is 10.3. The summed E-state index contributed by atoms with van der Waals surface area (Å²) in [6, 6.07) is 9.77. The van der Waals surface area contributed by atoms with Crippen molar-refractivity contribution in [2.45, 2.75) is 5.75 Å². The largest absolute Gasteiger partial charge is 0.351 e. The second-order valence-electron chi connectivity index (χ2n) is 3.95. The number of amides is 1. The van der Waals surface area contributed by atoms with Gasteiger partial charge in [0.05, 0.1) is 0 Å². The van der Waals surface area contributed by atoms with Gasteiger partial charge in [0.15, 0.2) is 0 Å². The second-order valence-corrected chi connectivity index (χ2v) is 7.08. The fourth-order valence-electron chi connectivity index (χ4n) is 1.53. The highest BCUT2D eigenvalue weighted by molar-refractivity contribution is 14.1. The van der Waals surface area contributed by atoms with Crippen LogP contribution in [0.2, 0.25) is 0 Å². The summed E-state index contributed by atoms with van der Waals surface area (Å²) in [5, 5.41) is 7.20. The van der Waals surface area contributed by atoms with Crippen LogP contribution in [0.4, 0.5) is 0 Å². The summed E-state index contributed by atoms with van der Waals surface area (Å²) >= 11 is 5.78. The number of thiophene rings is 1. The van der Waals surface area contributed by atoms with Gasteiger partial charge in [-0.2, -0.15) is 23.1 Å². The van der Waals surface area contributed by atoms with Crippen LogP contribution in [0.15, 0.2) is 41.1 Å². The van der Waals surface area contributed by atoms with E-state index in [0.29, 0.717) is 6.54 Å². The molecule has 0 spiro atoms. The van der Waals surface area contributed by atoms with E-state index in [0.717, 1.165) is 20.6 Å². The molecule has 1 amide bonds. The lowest BCUT2D eigenvalue weighted by Gasteiger charge is -2.05. The summed E-state index contributed by atoms with van der Waals surface area (Å²) in [5.41, 5.74) is 2.09. The Morgan fingerprint density at radius 1 is 1.37 bits per heavy atom. The first-order chi connectivity index (χ1) is 9.25. The van der Waals surface area contributed by atoms with E-state index in [1.807, 2.05) is 36.0 Å². The van der Waals surface area contributed by atoms with Crippen LogP contribution in [0.5, 0.6) is 0 Å². The molecule has 100 valence electrons. The van der Waals surface area contributed by atoms with Gasteiger partial charge in [0.1, 0.15) is 0 Å². The van der Waals surface area contributed by atoms with E-state index in [1.54, 1.807) is 11.3 Å². The molecular weight excluding hydrogens is 389 g/mol. The molecular formula is C14H14INOS2. The Labute approximate surface area is 135 Å². The van der Waals surface area contributed by atoms with Crippen molar-refractivity contribution in [3.05, 3.63) is 55.8 Å². The first kappa shape index (κ1) is 14.9. The summed E-state index contributed by atoms with van der Waals surface area (Å²) in [7, 11) is 0. The zero-order valence-corrected chi connectivity index (χ0v) is 14.1. The van der Waals surface area contributed by atoms with Gasteiger partial charge in [0, 0.05) is 27.2 Å². The van der Waals surface area contributed by atoms with Gasteiger partial charge >= 0.3 is 0 Å². The monoisotopic (exact) mass is 403 g/mol. The molecule has 1 heterocycles. The van der Waals surface area contributed by atoms with Crippen LogP contribution in [0.3, 0.4) is 0 Å². The van der Waals surface area contributed by atoms with E-state index in [-0.39, 0.29) is 5.91 Å². The minimum atomic E-state index is 0.00893. The third-order valence-corrected chi connectivity index (χ3v) is 4.90. The van der Waals surface area contributed by atoms with Crippen molar-refractivity contribution in [3.8, 4) is 0 Å². The Kier molecular flexibility index (Phi) is 6.19. The Morgan fingerprint density at radius 2 is 2.26 bits per heavy atom. The predicted octanol–water partition coefficient (Wildman–Crippen LogP) is 4.02. The lowest BCUT2D eigenvalue weighted by atomic mass is 10.2. The maximum absolute atomic E-state index is 11.9. The van der Waals surface area contributed by atoms with Crippen molar-refractivity contribution in [1.29, 1.82) is 0 Å². The van der Waals surface area contributed by atoms with Crippen molar-refractivity contribution < 1.29 is 4.79 Å². The van der Waals surface area contributed by atoms with E-state index in [4.69, 9.17) is 0 Å². The molecule has 2 nitrogen and oxygen atoms in total. The van der Waals surface area contributed by atoms with Gasteiger partial charge in [-0.25, -0.2) is 0 Å². The first-order valence-corrected chi connectivity index (χ1v) is 9.06. The molecule has 0 aliphatic rings. The lowest BCUT2D eigenvalue weighted by molar-refractivity contribution is 0.0956. The van der Waals surface area contributed by atoms with Gasteiger partial charge in [-0.1, -0.05) is 6.07 Å². The van der Waals surface area contributed by atoms with E-state index < -0.39 is 0 Å². The molecule has 5 heteroatoms. The molecule has 0 atom stereocenters. The van der Waals surface area contributed by atoms with Crippen molar-refractivity contribution in [2.24, 2.45) is 0 Å². The highest BCUT2D eigenvalue weighted by Crippen LogP contribution is 2.14. The molecule has 0 fully saturated rings. The molecule has 2 aromatic rings. The number of hydrogen-bond acceptors (Lipinski definition) is 3. The van der Waals surface area contributed by atoms with Crippen molar-refractivity contribution in [1.82, 2.24) is 5.32 Å². The van der Waals surface area contributed by atoms with E-state index in [2.05, 4.69) is 44.7 Å². The molecule has 19 heavy (non-hydrogen) atoms. The number of thioether (sulfide) groups is 1. The first-order valence-electron chi connectivity index (χ1n) is 5.88. The molecule has 0 saturated carbocycles. The van der Waals surface area contributed by atoms with Gasteiger partial charge in [0.2, 0.25) is 0 Å².